The van der Waals surface area contributed by atoms with Crippen molar-refractivity contribution in [1.82, 2.24) is 4.57 Å². The molecular formula is C26H22FN. The van der Waals surface area contributed by atoms with E-state index in [0.29, 0.717) is 0 Å². The van der Waals surface area contributed by atoms with Crippen molar-refractivity contribution in [2.24, 2.45) is 0 Å². The zero-order chi connectivity index (χ0) is 19.5. The predicted molar refractivity (Wildman–Crippen MR) is 117 cm³/mol. The summed E-state index contributed by atoms with van der Waals surface area (Å²) in [5.41, 5.74) is 5.83. The summed E-state index contributed by atoms with van der Waals surface area (Å²) in [4.78, 5) is 0. The van der Waals surface area contributed by atoms with Crippen molar-refractivity contribution < 1.29 is 4.39 Å². The van der Waals surface area contributed by atoms with Gasteiger partial charge in [0.1, 0.15) is 5.82 Å². The minimum atomic E-state index is -0.213. The Bertz CT molecular complexity index is 1220. The van der Waals surface area contributed by atoms with Gasteiger partial charge in [-0.1, -0.05) is 65.7 Å². The van der Waals surface area contributed by atoms with Gasteiger partial charge in [-0.15, -0.1) is 0 Å². The van der Waals surface area contributed by atoms with E-state index < -0.39 is 0 Å². The molecule has 5 aromatic rings. The Morgan fingerprint density at radius 2 is 1.21 bits per heavy atom. The Balaban J connectivity index is 0.000000233. The Morgan fingerprint density at radius 3 is 1.89 bits per heavy atom. The number of aromatic nitrogens is 1. The van der Waals surface area contributed by atoms with E-state index in [1.165, 1.54) is 34.0 Å². The largest absolute Gasteiger partial charge is 0.309 e. The van der Waals surface area contributed by atoms with Gasteiger partial charge in [-0.05, 0) is 56.3 Å². The maximum atomic E-state index is 13.2. The lowest BCUT2D eigenvalue weighted by Gasteiger charge is -2.07. The summed E-state index contributed by atoms with van der Waals surface area (Å²) >= 11 is 0. The summed E-state index contributed by atoms with van der Waals surface area (Å²) in [5.74, 6) is -0.213. The number of nitrogens with zero attached hydrogens (tertiary/aromatic N) is 1. The topological polar surface area (TPSA) is 4.93 Å². The molecule has 1 heterocycles. The minimum absolute atomic E-state index is 0.213. The van der Waals surface area contributed by atoms with Crippen LogP contribution in [0.4, 0.5) is 4.39 Å². The zero-order valence-corrected chi connectivity index (χ0v) is 16.1. The van der Waals surface area contributed by atoms with Crippen LogP contribution in [-0.4, -0.2) is 4.57 Å². The SMILES string of the molecule is Cc1ccc2c(c1)c1ccccc1n2-c1ccc(F)cc1.Cc1ccccc1. The maximum absolute atomic E-state index is 13.2. The van der Waals surface area contributed by atoms with E-state index in [-0.39, 0.29) is 5.82 Å². The number of rotatable bonds is 1. The average molecular weight is 367 g/mol. The van der Waals surface area contributed by atoms with Gasteiger partial charge in [0.25, 0.3) is 0 Å². The molecule has 0 aliphatic heterocycles. The normalized spacial score (nSPS) is 10.7. The molecule has 0 saturated carbocycles. The molecule has 138 valence electrons. The van der Waals surface area contributed by atoms with Crippen LogP contribution < -0.4 is 0 Å². The lowest BCUT2D eigenvalue weighted by atomic mass is 10.1. The van der Waals surface area contributed by atoms with E-state index in [0.717, 1.165) is 16.7 Å². The molecule has 0 amide bonds. The number of halogens is 1. The highest BCUT2D eigenvalue weighted by molar-refractivity contribution is 6.09. The molecule has 28 heavy (non-hydrogen) atoms. The van der Waals surface area contributed by atoms with E-state index in [4.69, 9.17) is 0 Å². The molecule has 0 aliphatic carbocycles. The first kappa shape index (κ1) is 18.0. The Morgan fingerprint density at radius 1 is 0.571 bits per heavy atom. The molecule has 0 bridgehead atoms. The smallest absolute Gasteiger partial charge is 0.123 e. The van der Waals surface area contributed by atoms with Crippen LogP contribution in [0.5, 0.6) is 0 Å². The minimum Gasteiger partial charge on any atom is -0.309 e. The van der Waals surface area contributed by atoms with E-state index in [2.05, 4.69) is 66.9 Å². The number of aryl methyl sites for hydroxylation is 2. The van der Waals surface area contributed by atoms with Crippen LogP contribution in [-0.2, 0) is 0 Å². The Kier molecular flexibility index (Phi) is 4.94. The van der Waals surface area contributed by atoms with Gasteiger partial charge < -0.3 is 4.57 Å². The first-order chi connectivity index (χ1) is 13.6. The summed E-state index contributed by atoms with van der Waals surface area (Å²) in [5, 5.41) is 2.45. The zero-order valence-electron chi connectivity index (χ0n) is 16.1. The third-order valence-electron chi connectivity index (χ3n) is 4.85. The molecule has 5 rings (SSSR count). The van der Waals surface area contributed by atoms with Crippen molar-refractivity contribution >= 4 is 21.8 Å². The van der Waals surface area contributed by atoms with Crippen molar-refractivity contribution in [3.63, 3.8) is 0 Å². The molecule has 2 heteroatoms. The molecular weight excluding hydrogens is 345 g/mol. The van der Waals surface area contributed by atoms with Crippen molar-refractivity contribution in [1.29, 1.82) is 0 Å². The lowest BCUT2D eigenvalue weighted by molar-refractivity contribution is 0.627. The standard InChI is InChI=1S/C19H14FN.C7H8/c1-13-6-11-19-17(12-13)16-4-2-3-5-18(16)21(19)15-9-7-14(20)8-10-15;1-7-5-3-2-4-6-7/h2-12H,1H3;2-6H,1H3. The quantitative estimate of drug-likeness (QED) is 0.294. The highest BCUT2D eigenvalue weighted by Gasteiger charge is 2.11. The van der Waals surface area contributed by atoms with Crippen LogP contribution >= 0.6 is 0 Å². The molecule has 0 atom stereocenters. The summed E-state index contributed by atoms with van der Waals surface area (Å²) in [6.07, 6.45) is 0. The number of hydrogen-bond acceptors (Lipinski definition) is 0. The van der Waals surface area contributed by atoms with Crippen LogP contribution in [0.15, 0.2) is 97.1 Å². The van der Waals surface area contributed by atoms with Gasteiger partial charge in [-0.3, -0.25) is 0 Å². The lowest BCUT2D eigenvalue weighted by Crippen LogP contribution is -1.93. The third-order valence-corrected chi connectivity index (χ3v) is 4.85. The van der Waals surface area contributed by atoms with Gasteiger partial charge in [0.05, 0.1) is 11.0 Å². The van der Waals surface area contributed by atoms with Crippen molar-refractivity contribution in [3.8, 4) is 5.69 Å². The van der Waals surface area contributed by atoms with Gasteiger partial charge in [0, 0.05) is 16.5 Å². The molecule has 0 fully saturated rings. The summed E-state index contributed by atoms with van der Waals surface area (Å²) in [6.45, 7) is 4.18. The number of hydrogen-bond donors (Lipinski definition) is 0. The first-order valence-electron chi connectivity index (χ1n) is 9.41. The van der Waals surface area contributed by atoms with E-state index in [1.807, 2.05) is 36.4 Å². The fourth-order valence-corrected chi connectivity index (χ4v) is 3.49. The molecule has 0 unspecified atom stereocenters. The summed E-state index contributed by atoms with van der Waals surface area (Å²) in [7, 11) is 0. The molecule has 0 saturated heterocycles. The van der Waals surface area contributed by atoms with Crippen LogP contribution in [0.1, 0.15) is 11.1 Å². The second-order valence-corrected chi connectivity index (χ2v) is 7.00. The van der Waals surface area contributed by atoms with Gasteiger partial charge in [0.15, 0.2) is 0 Å². The fourth-order valence-electron chi connectivity index (χ4n) is 3.49. The van der Waals surface area contributed by atoms with Gasteiger partial charge >= 0.3 is 0 Å². The number of fused-ring (bicyclic) bond motifs is 3. The summed E-state index contributed by atoms with van der Waals surface area (Å²) in [6, 6.07) is 31.7. The van der Waals surface area contributed by atoms with Crippen molar-refractivity contribution in [2.75, 3.05) is 0 Å². The molecule has 4 aromatic carbocycles. The first-order valence-corrected chi connectivity index (χ1v) is 9.41. The predicted octanol–water partition coefficient (Wildman–Crippen LogP) is 7.23. The van der Waals surface area contributed by atoms with Gasteiger partial charge in [-0.2, -0.15) is 0 Å². The van der Waals surface area contributed by atoms with Crippen LogP contribution in [0, 0.1) is 19.7 Å². The second kappa shape index (κ2) is 7.69. The van der Waals surface area contributed by atoms with E-state index in [1.54, 1.807) is 0 Å². The molecule has 0 radical (unpaired) electrons. The number of benzene rings is 4. The summed E-state index contributed by atoms with van der Waals surface area (Å²) < 4.78 is 15.4. The van der Waals surface area contributed by atoms with E-state index >= 15 is 0 Å². The molecule has 0 spiro atoms. The monoisotopic (exact) mass is 367 g/mol. The Labute approximate surface area is 164 Å². The number of para-hydroxylation sites is 1. The van der Waals surface area contributed by atoms with Gasteiger partial charge in [0.2, 0.25) is 0 Å². The van der Waals surface area contributed by atoms with E-state index in [9.17, 15) is 4.39 Å². The molecule has 0 N–H and O–H groups in total. The molecule has 0 aliphatic rings. The molecule has 1 aromatic heterocycles. The van der Waals surface area contributed by atoms with Crippen LogP contribution in [0.2, 0.25) is 0 Å². The molecule has 1 nitrogen and oxygen atoms in total. The highest BCUT2D eigenvalue weighted by Crippen LogP contribution is 2.32. The van der Waals surface area contributed by atoms with Crippen molar-refractivity contribution in [2.45, 2.75) is 13.8 Å². The Hall–Kier alpha value is -3.39. The van der Waals surface area contributed by atoms with Crippen LogP contribution in [0.3, 0.4) is 0 Å². The second-order valence-electron chi connectivity index (χ2n) is 7.00. The van der Waals surface area contributed by atoms with Crippen LogP contribution in [0.25, 0.3) is 27.5 Å². The highest BCUT2D eigenvalue weighted by atomic mass is 19.1. The fraction of sp³-hybridized carbons (Fsp3) is 0.0769. The van der Waals surface area contributed by atoms with Gasteiger partial charge in [-0.25, -0.2) is 4.39 Å². The van der Waals surface area contributed by atoms with Crippen molar-refractivity contribution in [3.05, 3.63) is 114 Å². The average Bonchev–Trinajstić information content (AvgIpc) is 3.04. The maximum Gasteiger partial charge on any atom is 0.123 e. The third kappa shape index (κ3) is 3.54.